The second-order valence-corrected chi connectivity index (χ2v) is 4.99. The van der Waals surface area contributed by atoms with Crippen LogP contribution in [0.15, 0.2) is 22.2 Å². The zero-order valence-electron chi connectivity index (χ0n) is 9.95. The molecule has 92 valence electrons. The van der Waals surface area contributed by atoms with Crippen LogP contribution in [-0.2, 0) is 0 Å². The van der Waals surface area contributed by atoms with Gasteiger partial charge in [0.1, 0.15) is 5.03 Å². The highest BCUT2D eigenvalue weighted by molar-refractivity contribution is 7.99. The molecule has 0 radical (unpaired) electrons. The normalized spacial score (nSPS) is 11.6. The predicted molar refractivity (Wildman–Crippen MR) is 71.0 cm³/mol. The summed E-state index contributed by atoms with van der Waals surface area (Å²) in [6, 6.07) is 1.78. The SMILES string of the molecule is C/C(=C/Cl)CSc1nc(C)cc(C)c1C(=O)O. The Morgan fingerprint density at radius 1 is 1.59 bits per heavy atom. The van der Waals surface area contributed by atoms with E-state index in [1.54, 1.807) is 13.0 Å². The van der Waals surface area contributed by atoms with Gasteiger partial charge in [-0.15, -0.1) is 11.8 Å². The predicted octanol–water partition coefficient (Wildman–Crippen LogP) is 3.63. The van der Waals surface area contributed by atoms with Crippen molar-refractivity contribution in [1.29, 1.82) is 0 Å². The Bertz CT molecular complexity index is 472. The molecule has 5 heteroatoms. The second kappa shape index (κ2) is 6.07. The molecule has 0 fully saturated rings. The van der Waals surface area contributed by atoms with Crippen LogP contribution >= 0.6 is 23.4 Å². The van der Waals surface area contributed by atoms with E-state index in [9.17, 15) is 4.79 Å². The molecule has 0 saturated heterocycles. The van der Waals surface area contributed by atoms with Crippen LogP contribution in [0.25, 0.3) is 0 Å². The summed E-state index contributed by atoms with van der Waals surface area (Å²) < 4.78 is 0. The first-order chi connectivity index (χ1) is 7.95. The average molecular weight is 272 g/mol. The first-order valence-electron chi connectivity index (χ1n) is 5.06. The smallest absolute Gasteiger partial charge is 0.338 e. The maximum atomic E-state index is 11.2. The fourth-order valence-electron chi connectivity index (χ4n) is 1.38. The molecule has 0 unspecified atom stereocenters. The number of carbonyl (C=O) groups is 1. The number of carboxylic acid groups (broad SMARTS) is 1. The Labute approximate surface area is 110 Å². The van der Waals surface area contributed by atoms with Crippen LogP contribution in [0.3, 0.4) is 0 Å². The topological polar surface area (TPSA) is 50.2 Å². The van der Waals surface area contributed by atoms with Crippen molar-refractivity contribution in [3.05, 3.63) is 34.0 Å². The van der Waals surface area contributed by atoms with Crippen molar-refractivity contribution in [3.63, 3.8) is 0 Å². The van der Waals surface area contributed by atoms with Gasteiger partial charge >= 0.3 is 5.97 Å². The molecule has 0 amide bonds. The summed E-state index contributed by atoms with van der Waals surface area (Å²) in [6.45, 7) is 5.53. The van der Waals surface area contributed by atoms with Crippen LogP contribution in [0.5, 0.6) is 0 Å². The number of rotatable bonds is 4. The summed E-state index contributed by atoms with van der Waals surface area (Å²) in [5.74, 6) is -0.301. The average Bonchev–Trinajstić information content (AvgIpc) is 2.24. The lowest BCUT2D eigenvalue weighted by atomic mass is 10.1. The molecular weight excluding hydrogens is 258 g/mol. The number of hydrogen-bond acceptors (Lipinski definition) is 3. The van der Waals surface area contributed by atoms with E-state index in [-0.39, 0.29) is 5.56 Å². The molecule has 1 aromatic rings. The van der Waals surface area contributed by atoms with E-state index >= 15 is 0 Å². The maximum absolute atomic E-state index is 11.2. The number of aromatic nitrogens is 1. The first-order valence-corrected chi connectivity index (χ1v) is 6.48. The molecule has 0 spiro atoms. The number of aryl methyl sites for hydroxylation is 2. The Morgan fingerprint density at radius 2 is 2.24 bits per heavy atom. The van der Waals surface area contributed by atoms with Gasteiger partial charge in [0.15, 0.2) is 0 Å². The Morgan fingerprint density at radius 3 is 2.76 bits per heavy atom. The standard InChI is InChI=1S/C12H14ClNO2S/c1-7(5-13)6-17-11-10(12(15)16)8(2)4-9(3)14-11/h4-5H,6H2,1-3H3,(H,15,16)/b7-5-. The van der Waals surface area contributed by atoms with Crippen molar-refractivity contribution >= 4 is 29.3 Å². The van der Waals surface area contributed by atoms with Gasteiger partial charge in [-0.1, -0.05) is 17.2 Å². The molecule has 0 saturated carbocycles. The van der Waals surface area contributed by atoms with E-state index in [1.807, 2.05) is 13.8 Å². The van der Waals surface area contributed by atoms with Crippen molar-refractivity contribution in [2.24, 2.45) is 0 Å². The summed E-state index contributed by atoms with van der Waals surface area (Å²) in [4.78, 5) is 15.4. The van der Waals surface area contributed by atoms with Crippen LogP contribution in [0, 0.1) is 13.8 Å². The summed E-state index contributed by atoms with van der Waals surface area (Å²) in [5.41, 5.74) is 4.32. The van der Waals surface area contributed by atoms with Crippen molar-refractivity contribution in [1.82, 2.24) is 4.98 Å². The van der Waals surface area contributed by atoms with E-state index in [0.29, 0.717) is 10.8 Å². The molecule has 0 aromatic carbocycles. The fourth-order valence-corrected chi connectivity index (χ4v) is 2.60. The molecule has 0 aliphatic rings. The zero-order chi connectivity index (χ0) is 13.0. The van der Waals surface area contributed by atoms with E-state index in [1.165, 1.54) is 17.3 Å². The fraction of sp³-hybridized carbons (Fsp3) is 0.333. The lowest BCUT2D eigenvalue weighted by Crippen LogP contribution is -2.05. The quantitative estimate of drug-likeness (QED) is 0.850. The summed E-state index contributed by atoms with van der Waals surface area (Å²) in [7, 11) is 0. The van der Waals surface area contributed by atoms with Crippen LogP contribution in [0.2, 0.25) is 0 Å². The maximum Gasteiger partial charge on any atom is 0.338 e. The summed E-state index contributed by atoms with van der Waals surface area (Å²) in [6.07, 6.45) is 0. The van der Waals surface area contributed by atoms with Gasteiger partial charge in [-0.3, -0.25) is 0 Å². The van der Waals surface area contributed by atoms with Gasteiger partial charge in [0.2, 0.25) is 0 Å². The molecule has 0 aliphatic carbocycles. The Balaban J connectivity index is 3.08. The molecule has 1 rings (SSSR count). The second-order valence-electron chi connectivity index (χ2n) is 3.81. The van der Waals surface area contributed by atoms with Crippen molar-refractivity contribution < 1.29 is 9.90 Å². The number of carboxylic acids is 1. The molecule has 1 heterocycles. The molecular formula is C12H14ClNO2S. The first kappa shape index (κ1) is 14.1. The van der Waals surface area contributed by atoms with E-state index < -0.39 is 5.97 Å². The molecule has 0 bridgehead atoms. The zero-order valence-corrected chi connectivity index (χ0v) is 11.5. The third-order valence-electron chi connectivity index (χ3n) is 2.15. The lowest BCUT2D eigenvalue weighted by molar-refractivity contribution is 0.0691. The van der Waals surface area contributed by atoms with E-state index in [2.05, 4.69) is 4.98 Å². The molecule has 3 nitrogen and oxygen atoms in total. The molecule has 1 N–H and O–H groups in total. The third kappa shape index (κ3) is 3.75. The minimum Gasteiger partial charge on any atom is -0.478 e. The van der Waals surface area contributed by atoms with Crippen LogP contribution < -0.4 is 0 Å². The van der Waals surface area contributed by atoms with Crippen LogP contribution in [-0.4, -0.2) is 21.8 Å². The Kier molecular flexibility index (Phi) is 5.02. The minimum atomic E-state index is -0.940. The number of halogens is 1. The van der Waals surface area contributed by atoms with Crippen LogP contribution in [0.4, 0.5) is 0 Å². The highest BCUT2D eigenvalue weighted by Gasteiger charge is 2.15. The van der Waals surface area contributed by atoms with Crippen molar-refractivity contribution in [3.8, 4) is 0 Å². The van der Waals surface area contributed by atoms with Gasteiger partial charge in [-0.05, 0) is 32.4 Å². The number of hydrogen-bond donors (Lipinski definition) is 1. The molecule has 0 atom stereocenters. The highest BCUT2D eigenvalue weighted by atomic mass is 35.5. The van der Waals surface area contributed by atoms with Gasteiger partial charge < -0.3 is 5.11 Å². The largest absolute Gasteiger partial charge is 0.478 e. The van der Waals surface area contributed by atoms with Crippen LogP contribution in [0.1, 0.15) is 28.5 Å². The highest BCUT2D eigenvalue weighted by Crippen LogP contribution is 2.25. The molecule has 0 aliphatic heterocycles. The number of thioether (sulfide) groups is 1. The monoisotopic (exact) mass is 271 g/mol. The molecule has 17 heavy (non-hydrogen) atoms. The van der Waals surface area contributed by atoms with Crippen molar-refractivity contribution in [2.75, 3.05) is 5.75 Å². The van der Waals surface area contributed by atoms with Gasteiger partial charge in [0.05, 0.1) is 5.56 Å². The number of aromatic carboxylic acids is 1. The number of pyridine rings is 1. The third-order valence-corrected chi connectivity index (χ3v) is 3.69. The van der Waals surface area contributed by atoms with Gasteiger partial charge in [0.25, 0.3) is 0 Å². The summed E-state index contributed by atoms with van der Waals surface area (Å²) >= 11 is 6.96. The molecule has 1 aromatic heterocycles. The minimum absolute atomic E-state index is 0.281. The Hall–Kier alpha value is -1.00. The van der Waals surface area contributed by atoms with E-state index in [4.69, 9.17) is 16.7 Å². The van der Waals surface area contributed by atoms with E-state index in [0.717, 1.165) is 16.8 Å². The number of nitrogens with zero attached hydrogens (tertiary/aromatic N) is 1. The van der Waals surface area contributed by atoms with Gasteiger partial charge in [0, 0.05) is 17.0 Å². The van der Waals surface area contributed by atoms with Gasteiger partial charge in [-0.2, -0.15) is 0 Å². The summed E-state index contributed by atoms with van der Waals surface area (Å²) in [5, 5.41) is 9.71. The van der Waals surface area contributed by atoms with Crippen molar-refractivity contribution in [2.45, 2.75) is 25.8 Å². The van der Waals surface area contributed by atoms with Gasteiger partial charge in [-0.25, -0.2) is 9.78 Å². The lowest BCUT2D eigenvalue weighted by Gasteiger charge is -2.09.